The first-order chi connectivity index (χ1) is 16.9. The Morgan fingerprint density at radius 3 is 2.57 bits per heavy atom. The number of carbonyl (C=O) groups excluding carboxylic acids is 1. The Morgan fingerprint density at radius 1 is 1.14 bits per heavy atom. The summed E-state index contributed by atoms with van der Waals surface area (Å²) >= 11 is 6.10. The first kappa shape index (κ1) is 23.5. The van der Waals surface area contributed by atoms with Gasteiger partial charge in [0.25, 0.3) is 11.5 Å². The zero-order chi connectivity index (χ0) is 24.9. The number of fused-ring (bicyclic) bond motifs is 1. The first-order valence-electron chi connectivity index (χ1n) is 10.4. The minimum absolute atomic E-state index is 0.0482. The summed E-state index contributed by atoms with van der Waals surface area (Å²) in [6.45, 7) is 1.82. The third-order valence-corrected chi connectivity index (χ3v) is 5.50. The van der Waals surface area contributed by atoms with E-state index in [4.69, 9.17) is 21.1 Å². The fourth-order valence-electron chi connectivity index (χ4n) is 3.24. The highest BCUT2D eigenvalue weighted by atomic mass is 35.5. The quantitative estimate of drug-likeness (QED) is 0.303. The molecule has 9 heteroatoms. The molecule has 35 heavy (non-hydrogen) atoms. The van der Waals surface area contributed by atoms with E-state index in [0.717, 1.165) is 5.56 Å². The van der Waals surface area contributed by atoms with Crippen molar-refractivity contribution >= 4 is 34.9 Å². The van der Waals surface area contributed by atoms with Gasteiger partial charge in [-0.1, -0.05) is 17.7 Å². The van der Waals surface area contributed by atoms with Crippen molar-refractivity contribution in [3.63, 3.8) is 0 Å². The van der Waals surface area contributed by atoms with Crippen molar-refractivity contribution in [3.05, 3.63) is 98.9 Å². The van der Waals surface area contributed by atoms with Gasteiger partial charge in [-0.2, -0.15) is 10.2 Å². The lowest BCUT2D eigenvalue weighted by atomic mass is 10.1. The van der Waals surface area contributed by atoms with Crippen molar-refractivity contribution < 1.29 is 14.3 Å². The molecule has 4 aromatic rings. The van der Waals surface area contributed by atoms with Gasteiger partial charge in [-0.3, -0.25) is 14.0 Å². The van der Waals surface area contributed by atoms with Crippen LogP contribution in [0.1, 0.15) is 11.1 Å². The summed E-state index contributed by atoms with van der Waals surface area (Å²) in [5.41, 5.74) is 0.724. The van der Waals surface area contributed by atoms with Crippen LogP contribution < -0.4 is 20.3 Å². The number of hydrogen-bond donors (Lipinski definition) is 1. The molecule has 2 heterocycles. The molecule has 0 aliphatic rings. The molecule has 8 nitrogen and oxygen atoms in total. The first-order valence-corrected chi connectivity index (χ1v) is 10.8. The molecule has 1 amide bonds. The zero-order valence-electron chi connectivity index (χ0n) is 18.8. The SMILES string of the molecule is COc1ccc(NC(=O)C(C#N)=Cc2c(Oc3ccc(Cl)c(C)c3)nc3ccccn3c2=O)cc1. The van der Waals surface area contributed by atoms with Gasteiger partial charge in [0.05, 0.1) is 7.11 Å². The summed E-state index contributed by atoms with van der Waals surface area (Å²) in [5.74, 6) is 0.278. The molecule has 2 aromatic carbocycles. The van der Waals surface area contributed by atoms with Crippen LogP contribution in [0, 0.1) is 18.3 Å². The van der Waals surface area contributed by atoms with Crippen LogP contribution in [-0.2, 0) is 4.79 Å². The third kappa shape index (κ3) is 5.16. The number of nitrogens with zero attached hydrogens (tertiary/aromatic N) is 3. The largest absolute Gasteiger partial charge is 0.497 e. The molecule has 2 aromatic heterocycles. The topological polar surface area (TPSA) is 106 Å². The van der Waals surface area contributed by atoms with Crippen LogP contribution in [0.15, 0.2) is 77.2 Å². The number of nitriles is 1. The Kier molecular flexibility index (Phi) is 6.81. The normalized spacial score (nSPS) is 11.1. The summed E-state index contributed by atoms with van der Waals surface area (Å²) in [4.78, 5) is 30.5. The van der Waals surface area contributed by atoms with E-state index in [9.17, 15) is 14.9 Å². The highest BCUT2D eigenvalue weighted by Crippen LogP contribution is 2.27. The maximum Gasteiger partial charge on any atom is 0.269 e. The smallest absolute Gasteiger partial charge is 0.269 e. The van der Waals surface area contributed by atoms with Crippen LogP contribution >= 0.6 is 11.6 Å². The van der Waals surface area contributed by atoms with E-state index in [1.807, 2.05) is 13.0 Å². The minimum Gasteiger partial charge on any atom is -0.497 e. The van der Waals surface area contributed by atoms with E-state index in [1.54, 1.807) is 66.9 Å². The lowest BCUT2D eigenvalue weighted by Gasteiger charge is -2.11. The lowest BCUT2D eigenvalue weighted by Crippen LogP contribution is -2.20. The van der Waals surface area contributed by atoms with Gasteiger partial charge in [0.2, 0.25) is 5.88 Å². The van der Waals surface area contributed by atoms with E-state index in [2.05, 4.69) is 10.3 Å². The van der Waals surface area contributed by atoms with E-state index in [-0.39, 0.29) is 17.0 Å². The number of amides is 1. The Bertz CT molecular complexity index is 1550. The number of pyridine rings is 1. The molecule has 0 aliphatic carbocycles. The molecule has 0 aliphatic heterocycles. The van der Waals surface area contributed by atoms with E-state index >= 15 is 0 Å². The summed E-state index contributed by atoms with van der Waals surface area (Å²) in [6, 6.07) is 18.5. The Balaban J connectivity index is 1.77. The van der Waals surface area contributed by atoms with E-state index in [1.165, 1.54) is 17.6 Å². The van der Waals surface area contributed by atoms with Gasteiger partial charge in [-0.05, 0) is 73.2 Å². The van der Waals surface area contributed by atoms with Crippen molar-refractivity contribution in [1.29, 1.82) is 5.26 Å². The predicted octanol–water partition coefficient (Wildman–Crippen LogP) is 5.00. The summed E-state index contributed by atoms with van der Waals surface area (Å²) in [7, 11) is 1.53. The monoisotopic (exact) mass is 486 g/mol. The predicted molar refractivity (Wildman–Crippen MR) is 133 cm³/mol. The number of rotatable bonds is 6. The van der Waals surface area contributed by atoms with Gasteiger partial charge in [0.15, 0.2) is 0 Å². The number of methoxy groups -OCH3 is 1. The van der Waals surface area contributed by atoms with Crippen molar-refractivity contribution in [2.75, 3.05) is 12.4 Å². The second kappa shape index (κ2) is 10.1. The molecule has 0 unspecified atom stereocenters. The van der Waals surface area contributed by atoms with Gasteiger partial charge in [0.1, 0.15) is 34.4 Å². The summed E-state index contributed by atoms with van der Waals surface area (Å²) in [6.07, 6.45) is 2.72. The maximum atomic E-state index is 13.3. The van der Waals surface area contributed by atoms with Gasteiger partial charge in [-0.15, -0.1) is 0 Å². The third-order valence-electron chi connectivity index (χ3n) is 5.08. The van der Waals surface area contributed by atoms with Crippen molar-refractivity contribution in [3.8, 4) is 23.4 Å². The lowest BCUT2D eigenvalue weighted by molar-refractivity contribution is -0.112. The molecule has 0 bridgehead atoms. The number of carbonyl (C=O) groups is 1. The van der Waals surface area contributed by atoms with E-state index in [0.29, 0.717) is 27.9 Å². The Morgan fingerprint density at radius 2 is 1.89 bits per heavy atom. The van der Waals surface area contributed by atoms with Crippen LogP contribution in [0.25, 0.3) is 11.7 Å². The van der Waals surface area contributed by atoms with Crippen molar-refractivity contribution in [2.24, 2.45) is 0 Å². The van der Waals surface area contributed by atoms with Crippen LogP contribution in [0.5, 0.6) is 17.4 Å². The van der Waals surface area contributed by atoms with Gasteiger partial charge in [0, 0.05) is 16.9 Å². The molecule has 0 saturated carbocycles. The minimum atomic E-state index is -0.691. The van der Waals surface area contributed by atoms with Crippen molar-refractivity contribution in [2.45, 2.75) is 6.92 Å². The molecule has 0 radical (unpaired) electrons. The fourth-order valence-corrected chi connectivity index (χ4v) is 3.36. The van der Waals surface area contributed by atoms with Gasteiger partial charge >= 0.3 is 0 Å². The van der Waals surface area contributed by atoms with Crippen molar-refractivity contribution in [1.82, 2.24) is 9.38 Å². The van der Waals surface area contributed by atoms with Gasteiger partial charge < -0.3 is 14.8 Å². The van der Waals surface area contributed by atoms with Crippen LogP contribution in [0.3, 0.4) is 0 Å². The molecule has 174 valence electrons. The summed E-state index contributed by atoms with van der Waals surface area (Å²) in [5, 5.41) is 12.9. The molecular formula is C26H19ClN4O4. The maximum absolute atomic E-state index is 13.3. The highest BCUT2D eigenvalue weighted by molar-refractivity contribution is 6.31. The van der Waals surface area contributed by atoms with Crippen LogP contribution in [0.2, 0.25) is 5.02 Å². The number of aryl methyl sites for hydroxylation is 1. The Hall–Kier alpha value is -4.61. The molecule has 0 spiro atoms. The molecule has 0 fully saturated rings. The fraction of sp³-hybridized carbons (Fsp3) is 0.0769. The average Bonchev–Trinajstić information content (AvgIpc) is 2.86. The summed E-state index contributed by atoms with van der Waals surface area (Å²) < 4.78 is 12.3. The Labute approximate surface area is 205 Å². The second-order valence-electron chi connectivity index (χ2n) is 7.43. The average molecular weight is 487 g/mol. The molecule has 0 saturated heterocycles. The number of halogens is 1. The number of ether oxygens (including phenoxy) is 2. The van der Waals surface area contributed by atoms with Gasteiger partial charge in [-0.25, -0.2) is 0 Å². The molecule has 0 atom stereocenters. The number of hydrogen-bond acceptors (Lipinski definition) is 6. The highest BCUT2D eigenvalue weighted by Gasteiger charge is 2.18. The van der Waals surface area contributed by atoms with Crippen LogP contribution in [-0.4, -0.2) is 22.4 Å². The molecular weight excluding hydrogens is 468 g/mol. The zero-order valence-corrected chi connectivity index (χ0v) is 19.5. The number of anilines is 1. The molecule has 1 N–H and O–H groups in total. The van der Waals surface area contributed by atoms with E-state index < -0.39 is 11.5 Å². The number of nitrogens with one attached hydrogen (secondary N) is 1. The number of benzene rings is 2. The standard InChI is InChI=1S/C26H19ClN4O4/c1-16-13-20(10-11-22(16)27)35-25-21(26(33)31-12-4-3-5-23(31)30-25)14-17(15-28)24(32)29-18-6-8-19(34-2)9-7-18/h3-14H,1-2H3,(H,29,32). The molecule has 4 rings (SSSR count). The number of aromatic nitrogens is 2. The van der Waals surface area contributed by atoms with Crippen LogP contribution in [0.4, 0.5) is 5.69 Å². The second-order valence-corrected chi connectivity index (χ2v) is 7.84.